The molecule has 5 rings (SSSR count). The molecular weight excluding hydrogens is 552 g/mol. The molecular formula is C35H40N6O3. The number of rotatable bonds is 5. The number of nitrogens with one attached hydrogen (secondary N) is 2. The summed E-state index contributed by atoms with van der Waals surface area (Å²) in [5.74, 6) is 0.766. The van der Waals surface area contributed by atoms with Gasteiger partial charge in [0.1, 0.15) is 11.9 Å². The van der Waals surface area contributed by atoms with Gasteiger partial charge in [0.05, 0.1) is 12.6 Å². The minimum Gasteiger partial charge on any atom is -0.345 e. The van der Waals surface area contributed by atoms with Crippen molar-refractivity contribution < 1.29 is 14.4 Å². The highest BCUT2D eigenvalue weighted by Gasteiger charge is 2.27. The first-order valence-electron chi connectivity index (χ1n) is 15.3. The summed E-state index contributed by atoms with van der Waals surface area (Å²) >= 11 is 0. The molecule has 0 spiro atoms. The Balaban J connectivity index is 1.50. The van der Waals surface area contributed by atoms with E-state index in [4.69, 9.17) is 10.1 Å². The molecule has 0 bridgehead atoms. The minimum atomic E-state index is -0.673. The number of aromatic nitrogens is 3. The Morgan fingerprint density at radius 2 is 1.52 bits per heavy atom. The number of carbonyl (C=O) groups excluding carboxylic acids is 3. The fraction of sp³-hybridized carbons (Fsp3) is 0.343. The van der Waals surface area contributed by atoms with Gasteiger partial charge in [0.15, 0.2) is 5.82 Å². The van der Waals surface area contributed by atoms with Crippen LogP contribution in [0.25, 0.3) is 22.5 Å². The van der Waals surface area contributed by atoms with Crippen molar-refractivity contribution in [2.24, 2.45) is 5.92 Å². The number of nitrogens with zero attached hydrogens (tertiary/aromatic N) is 4. The van der Waals surface area contributed by atoms with Crippen LogP contribution in [0.3, 0.4) is 0 Å². The largest absolute Gasteiger partial charge is 0.345 e. The SMILES string of the molecule is CC(C)C[C@H]1NC(=O)CCCN(C(=O)c2ccccc2-c2ccccc2)CCn2nc(-c3ccccc3)nc2[C@@H](C)NC1=O. The van der Waals surface area contributed by atoms with Crippen LogP contribution in [0.2, 0.25) is 0 Å². The van der Waals surface area contributed by atoms with Gasteiger partial charge in [-0.25, -0.2) is 9.67 Å². The molecule has 1 aromatic heterocycles. The standard InChI is InChI=1S/C35H40N6O3/c1-24(2)23-30-34(43)36-25(3)33-38-32(27-15-8-5-9-16-27)39-41(33)22-21-40(20-12-19-31(42)37-30)35(44)29-18-11-10-17-28(29)26-13-6-4-7-14-26/h4-11,13-18,24-25,30H,12,19-23H2,1-3H3,(H,36,43)(H,37,42)/t25-,30-/m1/s1. The zero-order chi connectivity index (χ0) is 31.1. The maximum Gasteiger partial charge on any atom is 0.254 e. The molecule has 9 nitrogen and oxygen atoms in total. The van der Waals surface area contributed by atoms with Crippen LogP contribution in [0, 0.1) is 5.92 Å². The summed E-state index contributed by atoms with van der Waals surface area (Å²) in [5.41, 5.74) is 3.28. The van der Waals surface area contributed by atoms with Crippen molar-refractivity contribution in [3.05, 3.63) is 96.3 Å². The quantitative estimate of drug-likeness (QED) is 0.329. The third-order valence-corrected chi connectivity index (χ3v) is 7.78. The molecule has 228 valence electrons. The van der Waals surface area contributed by atoms with E-state index in [9.17, 15) is 14.4 Å². The lowest BCUT2D eigenvalue weighted by atomic mass is 9.98. The number of hydrogen-bond acceptors (Lipinski definition) is 5. The molecule has 1 aliphatic rings. The van der Waals surface area contributed by atoms with E-state index >= 15 is 0 Å². The lowest BCUT2D eigenvalue weighted by molar-refractivity contribution is -0.129. The van der Waals surface area contributed by atoms with E-state index in [2.05, 4.69) is 10.6 Å². The van der Waals surface area contributed by atoms with Crippen LogP contribution in [0.15, 0.2) is 84.9 Å². The summed E-state index contributed by atoms with van der Waals surface area (Å²) in [5, 5.41) is 10.8. The number of carbonyl (C=O) groups is 3. The molecule has 9 heteroatoms. The van der Waals surface area contributed by atoms with Crippen LogP contribution in [-0.4, -0.2) is 56.5 Å². The predicted octanol–water partition coefficient (Wildman–Crippen LogP) is 5.26. The van der Waals surface area contributed by atoms with Gasteiger partial charge in [0.2, 0.25) is 11.8 Å². The van der Waals surface area contributed by atoms with E-state index in [0.29, 0.717) is 49.7 Å². The van der Waals surface area contributed by atoms with Crippen LogP contribution >= 0.6 is 0 Å². The monoisotopic (exact) mass is 592 g/mol. The lowest BCUT2D eigenvalue weighted by Gasteiger charge is -2.26. The Morgan fingerprint density at radius 1 is 0.864 bits per heavy atom. The normalized spacial score (nSPS) is 18.2. The molecule has 0 aliphatic carbocycles. The second kappa shape index (κ2) is 14.1. The molecule has 1 aliphatic heterocycles. The lowest BCUT2D eigenvalue weighted by Crippen LogP contribution is -2.48. The van der Waals surface area contributed by atoms with Crippen LogP contribution in [0.1, 0.15) is 62.3 Å². The maximum absolute atomic E-state index is 14.2. The number of benzene rings is 3. The summed E-state index contributed by atoms with van der Waals surface area (Å²) in [7, 11) is 0. The zero-order valence-electron chi connectivity index (χ0n) is 25.6. The summed E-state index contributed by atoms with van der Waals surface area (Å²) in [6, 6.07) is 26.0. The van der Waals surface area contributed by atoms with E-state index in [-0.39, 0.29) is 30.1 Å². The average Bonchev–Trinajstić information content (AvgIpc) is 3.47. The van der Waals surface area contributed by atoms with Gasteiger partial charge in [0, 0.05) is 30.6 Å². The summed E-state index contributed by atoms with van der Waals surface area (Å²) in [6.45, 7) is 7.01. The Labute approximate surface area is 258 Å². The molecule has 2 N–H and O–H groups in total. The van der Waals surface area contributed by atoms with E-state index in [1.165, 1.54) is 0 Å². The van der Waals surface area contributed by atoms with Crippen molar-refractivity contribution in [2.75, 3.05) is 13.1 Å². The molecule has 0 unspecified atom stereocenters. The highest BCUT2D eigenvalue weighted by Crippen LogP contribution is 2.25. The van der Waals surface area contributed by atoms with Gasteiger partial charge in [-0.15, -0.1) is 0 Å². The van der Waals surface area contributed by atoms with Gasteiger partial charge in [0.25, 0.3) is 5.91 Å². The van der Waals surface area contributed by atoms with Crippen LogP contribution < -0.4 is 10.6 Å². The van der Waals surface area contributed by atoms with Crippen molar-refractivity contribution in [3.63, 3.8) is 0 Å². The van der Waals surface area contributed by atoms with E-state index in [1.807, 2.05) is 106 Å². The van der Waals surface area contributed by atoms with E-state index < -0.39 is 12.1 Å². The molecule has 3 aromatic carbocycles. The number of amides is 3. The minimum absolute atomic E-state index is 0.110. The first-order valence-corrected chi connectivity index (χ1v) is 15.3. The van der Waals surface area contributed by atoms with Gasteiger partial charge >= 0.3 is 0 Å². The average molecular weight is 593 g/mol. The fourth-order valence-corrected chi connectivity index (χ4v) is 5.57. The predicted molar refractivity (Wildman–Crippen MR) is 170 cm³/mol. The molecule has 0 radical (unpaired) electrons. The fourth-order valence-electron chi connectivity index (χ4n) is 5.57. The van der Waals surface area contributed by atoms with Crippen molar-refractivity contribution in [3.8, 4) is 22.5 Å². The van der Waals surface area contributed by atoms with Crippen molar-refractivity contribution in [2.45, 2.75) is 58.7 Å². The Kier molecular flexibility index (Phi) is 9.84. The highest BCUT2D eigenvalue weighted by molar-refractivity contribution is 6.01. The summed E-state index contributed by atoms with van der Waals surface area (Å²) < 4.78 is 1.79. The Hall–Kier alpha value is -4.79. The molecule has 4 aromatic rings. The van der Waals surface area contributed by atoms with Gasteiger partial charge in [-0.2, -0.15) is 5.10 Å². The van der Waals surface area contributed by atoms with Crippen LogP contribution in [0.4, 0.5) is 0 Å². The summed E-state index contributed by atoms with van der Waals surface area (Å²) in [6.07, 6.45) is 1.17. The van der Waals surface area contributed by atoms with Crippen molar-refractivity contribution in [1.82, 2.24) is 30.3 Å². The first kappa shape index (κ1) is 30.7. The molecule has 0 saturated carbocycles. The smallest absolute Gasteiger partial charge is 0.254 e. The first-order chi connectivity index (χ1) is 21.3. The number of fused-ring (bicyclic) bond motifs is 1. The molecule has 2 heterocycles. The van der Waals surface area contributed by atoms with Gasteiger partial charge in [-0.05, 0) is 42.9 Å². The Bertz CT molecular complexity index is 1580. The molecule has 2 atom stereocenters. The van der Waals surface area contributed by atoms with Gasteiger partial charge < -0.3 is 15.5 Å². The summed E-state index contributed by atoms with van der Waals surface area (Å²) in [4.78, 5) is 47.2. The Morgan fingerprint density at radius 3 is 2.23 bits per heavy atom. The number of hydrogen-bond donors (Lipinski definition) is 2. The second-order valence-corrected chi connectivity index (χ2v) is 11.7. The molecule has 0 fully saturated rings. The molecule has 0 saturated heterocycles. The third kappa shape index (κ3) is 7.40. The van der Waals surface area contributed by atoms with Gasteiger partial charge in [-0.1, -0.05) is 92.7 Å². The topological polar surface area (TPSA) is 109 Å². The highest BCUT2D eigenvalue weighted by atomic mass is 16.2. The maximum atomic E-state index is 14.2. The zero-order valence-corrected chi connectivity index (χ0v) is 25.6. The van der Waals surface area contributed by atoms with Crippen LogP contribution in [-0.2, 0) is 16.1 Å². The molecule has 44 heavy (non-hydrogen) atoms. The van der Waals surface area contributed by atoms with Crippen molar-refractivity contribution in [1.29, 1.82) is 0 Å². The van der Waals surface area contributed by atoms with Crippen molar-refractivity contribution >= 4 is 17.7 Å². The third-order valence-electron chi connectivity index (χ3n) is 7.78. The second-order valence-electron chi connectivity index (χ2n) is 11.7. The van der Waals surface area contributed by atoms with Gasteiger partial charge in [-0.3, -0.25) is 14.4 Å². The van der Waals surface area contributed by atoms with E-state index in [0.717, 1.165) is 16.7 Å². The molecule has 3 amide bonds. The van der Waals surface area contributed by atoms with E-state index in [1.54, 1.807) is 9.58 Å². The van der Waals surface area contributed by atoms with Crippen LogP contribution in [0.5, 0.6) is 0 Å².